The Balaban J connectivity index is 1.94. The fraction of sp³-hybridized carbons (Fsp3) is 0.583. The maximum absolute atomic E-state index is 11.9. The molecule has 5 heteroatoms. The normalized spacial score (nSPS) is 31.0. The Morgan fingerprint density at radius 2 is 1.83 bits per heavy atom. The number of allylic oxidation sites excluding steroid dienone is 1. The van der Waals surface area contributed by atoms with Crippen molar-refractivity contribution in [2.24, 2.45) is 23.2 Å². The molecule has 158 valence electrons. The molecule has 5 nitrogen and oxygen atoms in total. The molecule has 1 aromatic carbocycles. The van der Waals surface area contributed by atoms with E-state index in [-0.39, 0.29) is 41.2 Å². The van der Waals surface area contributed by atoms with Crippen LogP contribution in [0.3, 0.4) is 0 Å². The lowest BCUT2D eigenvalue weighted by molar-refractivity contribution is -0.182. The second-order valence-electron chi connectivity index (χ2n) is 8.36. The number of ether oxygens (including phenoxy) is 3. The van der Waals surface area contributed by atoms with Crippen molar-refractivity contribution >= 4 is 11.9 Å². The molecule has 2 bridgehead atoms. The van der Waals surface area contributed by atoms with Crippen molar-refractivity contribution in [2.45, 2.75) is 53.6 Å². The van der Waals surface area contributed by atoms with Crippen molar-refractivity contribution < 1.29 is 23.8 Å². The highest BCUT2D eigenvalue weighted by Crippen LogP contribution is 2.57. The lowest BCUT2D eigenvalue weighted by Gasteiger charge is -2.55. The summed E-state index contributed by atoms with van der Waals surface area (Å²) in [4.78, 5) is 23.7. The Labute approximate surface area is 173 Å². The second-order valence-corrected chi connectivity index (χ2v) is 8.36. The van der Waals surface area contributed by atoms with Crippen LogP contribution in [0.15, 0.2) is 35.9 Å². The molecule has 0 spiro atoms. The number of esters is 2. The van der Waals surface area contributed by atoms with Gasteiger partial charge in [-0.05, 0) is 24.8 Å². The monoisotopic (exact) mass is 400 g/mol. The molecule has 5 atom stereocenters. The van der Waals surface area contributed by atoms with Crippen molar-refractivity contribution in [3.05, 3.63) is 41.5 Å². The van der Waals surface area contributed by atoms with E-state index >= 15 is 0 Å². The van der Waals surface area contributed by atoms with Crippen molar-refractivity contribution in [2.75, 3.05) is 13.2 Å². The van der Waals surface area contributed by atoms with Crippen molar-refractivity contribution in [3.8, 4) is 5.75 Å². The number of para-hydroxylation sites is 1. The minimum Gasteiger partial charge on any atom is -0.465 e. The zero-order valence-electron chi connectivity index (χ0n) is 18.1. The molecule has 0 radical (unpaired) electrons. The van der Waals surface area contributed by atoms with Gasteiger partial charge < -0.3 is 14.2 Å². The van der Waals surface area contributed by atoms with Crippen LogP contribution in [0.25, 0.3) is 0 Å². The molecule has 1 saturated heterocycles. The van der Waals surface area contributed by atoms with E-state index in [0.717, 1.165) is 5.56 Å². The van der Waals surface area contributed by atoms with Gasteiger partial charge in [-0.15, -0.1) is 0 Å². The molecule has 2 aliphatic rings. The van der Waals surface area contributed by atoms with Crippen LogP contribution in [0.5, 0.6) is 5.75 Å². The van der Waals surface area contributed by atoms with Gasteiger partial charge in [-0.25, -0.2) is 0 Å². The molecular weight excluding hydrogens is 368 g/mol. The first kappa shape index (κ1) is 21.6. The summed E-state index contributed by atoms with van der Waals surface area (Å²) in [5.41, 5.74) is 1.91. The second kappa shape index (κ2) is 8.70. The van der Waals surface area contributed by atoms with E-state index in [1.807, 2.05) is 31.2 Å². The minimum absolute atomic E-state index is 0.127. The van der Waals surface area contributed by atoms with Crippen molar-refractivity contribution in [3.63, 3.8) is 0 Å². The Bertz CT molecular complexity index is 798. The van der Waals surface area contributed by atoms with Crippen LogP contribution in [-0.4, -0.2) is 25.2 Å². The third-order valence-corrected chi connectivity index (χ3v) is 6.78. The van der Waals surface area contributed by atoms with Crippen LogP contribution in [0.1, 0.15) is 59.1 Å². The number of carbonyl (C=O) groups is 2. The Kier molecular flexibility index (Phi) is 6.47. The summed E-state index contributed by atoms with van der Waals surface area (Å²) in [6, 6.07) is 7.62. The van der Waals surface area contributed by atoms with Gasteiger partial charge in [-0.2, -0.15) is 0 Å². The molecule has 0 saturated carbocycles. The molecule has 0 N–H and O–H groups in total. The maximum atomic E-state index is 11.9. The molecule has 0 amide bonds. The van der Waals surface area contributed by atoms with Crippen LogP contribution < -0.4 is 4.74 Å². The van der Waals surface area contributed by atoms with Crippen LogP contribution in [-0.2, 0) is 19.1 Å². The Morgan fingerprint density at radius 1 is 1.14 bits per heavy atom. The average molecular weight is 401 g/mol. The van der Waals surface area contributed by atoms with E-state index in [4.69, 9.17) is 14.2 Å². The minimum atomic E-state index is -0.258. The molecule has 5 unspecified atom stereocenters. The molecule has 0 aromatic heterocycles. The largest absolute Gasteiger partial charge is 0.465 e. The maximum Gasteiger partial charge on any atom is 0.310 e. The van der Waals surface area contributed by atoms with Gasteiger partial charge in [0.2, 0.25) is 0 Å². The van der Waals surface area contributed by atoms with Gasteiger partial charge in [-0.1, -0.05) is 57.5 Å². The molecule has 29 heavy (non-hydrogen) atoms. The summed E-state index contributed by atoms with van der Waals surface area (Å²) in [5.74, 6) is 0.746. The Morgan fingerprint density at radius 3 is 2.52 bits per heavy atom. The lowest BCUT2D eigenvalue weighted by atomic mass is 9.56. The average Bonchev–Trinajstić information content (AvgIpc) is 2.71. The summed E-state index contributed by atoms with van der Waals surface area (Å²) in [5, 5.41) is 0. The summed E-state index contributed by atoms with van der Waals surface area (Å²) in [7, 11) is 0. The predicted octanol–water partition coefficient (Wildman–Crippen LogP) is 4.86. The van der Waals surface area contributed by atoms with Gasteiger partial charge in [0.05, 0.1) is 19.3 Å². The first-order chi connectivity index (χ1) is 13.8. The van der Waals surface area contributed by atoms with E-state index in [1.165, 1.54) is 5.57 Å². The topological polar surface area (TPSA) is 61.8 Å². The molecule has 1 aromatic rings. The molecule has 1 fully saturated rings. The third kappa shape index (κ3) is 3.97. The molecule has 1 heterocycles. The van der Waals surface area contributed by atoms with E-state index in [2.05, 4.69) is 26.8 Å². The van der Waals surface area contributed by atoms with Crippen LogP contribution >= 0.6 is 0 Å². The summed E-state index contributed by atoms with van der Waals surface area (Å²) in [6.45, 7) is 11.0. The molecular formula is C24H32O5. The van der Waals surface area contributed by atoms with Gasteiger partial charge in [0.25, 0.3) is 0 Å². The summed E-state index contributed by atoms with van der Waals surface area (Å²) in [6.07, 6.45) is 2.78. The number of hydrogen-bond acceptors (Lipinski definition) is 5. The van der Waals surface area contributed by atoms with E-state index in [1.54, 1.807) is 6.92 Å². The standard InChI is InChI=1S/C24H32O5/c1-6-20(25)27-13-24-14-28-23(22(17(24)5)15(3)12-16(24)4)18-10-8-9-11-19(18)29-21(26)7-2/h8-12,16-17,22-23H,6-7,13-14H2,1-5H3. The number of rotatable bonds is 6. The summed E-state index contributed by atoms with van der Waals surface area (Å²) < 4.78 is 17.6. The third-order valence-electron chi connectivity index (χ3n) is 6.78. The van der Waals surface area contributed by atoms with E-state index in [0.29, 0.717) is 31.8 Å². The fourth-order valence-corrected chi connectivity index (χ4v) is 4.86. The number of hydrogen-bond donors (Lipinski definition) is 0. The summed E-state index contributed by atoms with van der Waals surface area (Å²) >= 11 is 0. The highest BCUT2D eigenvalue weighted by Gasteiger charge is 2.54. The predicted molar refractivity (Wildman–Crippen MR) is 110 cm³/mol. The highest BCUT2D eigenvalue weighted by molar-refractivity contribution is 5.72. The van der Waals surface area contributed by atoms with Crippen molar-refractivity contribution in [1.29, 1.82) is 0 Å². The molecule has 1 aliphatic carbocycles. The zero-order valence-corrected chi connectivity index (χ0v) is 18.1. The fourth-order valence-electron chi connectivity index (χ4n) is 4.86. The van der Waals surface area contributed by atoms with E-state index in [9.17, 15) is 9.59 Å². The van der Waals surface area contributed by atoms with Gasteiger partial charge in [-0.3, -0.25) is 9.59 Å². The smallest absolute Gasteiger partial charge is 0.310 e. The van der Waals surface area contributed by atoms with Gasteiger partial charge in [0.15, 0.2) is 0 Å². The zero-order chi connectivity index (χ0) is 21.2. The number of carbonyl (C=O) groups excluding carboxylic acids is 2. The lowest BCUT2D eigenvalue weighted by Crippen LogP contribution is -2.54. The number of benzene rings is 1. The first-order valence-electron chi connectivity index (χ1n) is 10.6. The van der Waals surface area contributed by atoms with Crippen LogP contribution in [0.2, 0.25) is 0 Å². The van der Waals surface area contributed by atoms with Gasteiger partial charge in [0, 0.05) is 29.7 Å². The van der Waals surface area contributed by atoms with Gasteiger partial charge in [0.1, 0.15) is 5.75 Å². The quantitative estimate of drug-likeness (QED) is 0.388. The van der Waals surface area contributed by atoms with Gasteiger partial charge >= 0.3 is 11.9 Å². The first-order valence-corrected chi connectivity index (χ1v) is 10.6. The SMILES string of the molecule is CCC(=O)OCC12COC(c3ccccc3OC(=O)CC)C(C(C)=CC1C)C2C. The Hall–Kier alpha value is -2.14. The van der Waals surface area contributed by atoms with E-state index < -0.39 is 0 Å². The molecule has 3 rings (SSSR count). The van der Waals surface area contributed by atoms with Crippen LogP contribution in [0, 0.1) is 23.2 Å². The highest BCUT2D eigenvalue weighted by atomic mass is 16.5. The van der Waals surface area contributed by atoms with Crippen molar-refractivity contribution in [1.82, 2.24) is 0 Å². The molecule has 1 aliphatic heterocycles. The van der Waals surface area contributed by atoms with Crippen LogP contribution in [0.4, 0.5) is 0 Å². The number of fused-ring (bicyclic) bond motifs is 2.